The molecule has 182 valence electrons. The maximum atomic E-state index is 12.8. The zero-order chi connectivity index (χ0) is 23.5. The number of nitrogens with one attached hydrogen (secondary N) is 2. The summed E-state index contributed by atoms with van der Waals surface area (Å²) in [5.74, 6) is 0.753. The van der Waals surface area contributed by atoms with Crippen LogP contribution in [0.3, 0.4) is 0 Å². The molecule has 1 aromatic heterocycles. The van der Waals surface area contributed by atoms with E-state index in [9.17, 15) is 4.79 Å². The molecular weight excluding hydrogens is 431 g/mol. The summed E-state index contributed by atoms with van der Waals surface area (Å²) in [6.07, 6.45) is 6.29. The molecule has 3 aliphatic carbocycles. The van der Waals surface area contributed by atoms with E-state index in [1.165, 1.54) is 6.42 Å². The molecule has 7 nitrogen and oxygen atoms in total. The number of amides is 1. The molecule has 3 heterocycles. The molecule has 1 amide bonds. The van der Waals surface area contributed by atoms with Gasteiger partial charge in [-0.25, -0.2) is 4.79 Å². The van der Waals surface area contributed by atoms with Gasteiger partial charge in [-0.2, -0.15) is 0 Å². The average Bonchev–Trinajstić information content (AvgIpc) is 3.55. The van der Waals surface area contributed by atoms with Crippen LogP contribution in [-0.2, 0) is 20.5 Å². The van der Waals surface area contributed by atoms with Gasteiger partial charge in [0.05, 0.1) is 23.9 Å². The first-order chi connectivity index (χ1) is 16.3. The van der Waals surface area contributed by atoms with E-state index in [4.69, 9.17) is 18.5 Å². The molecule has 1 aromatic carbocycles. The van der Waals surface area contributed by atoms with E-state index in [2.05, 4.69) is 31.4 Å². The second kappa shape index (κ2) is 8.28. The number of rotatable bonds is 6. The molecular formula is C26H35BN2O5. The van der Waals surface area contributed by atoms with Crippen LogP contribution in [0.15, 0.2) is 34.9 Å². The van der Waals surface area contributed by atoms with Crippen molar-refractivity contribution < 1.29 is 23.3 Å². The number of fused-ring (bicyclic) bond motifs is 1. The minimum Gasteiger partial charge on any atom is -0.464 e. The summed E-state index contributed by atoms with van der Waals surface area (Å²) in [7, 11) is -0.532. The van der Waals surface area contributed by atoms with Gasteiger partial charge in [-0.15, -0.1) is 0 Å². The van der Waals surface area contributed by atoms with E-state index >= 15 is 0 Å². The van der Waals surface area contributed by atoms with Gasteiger partial charge >= 0.3 is 13.2 Å². The lowest BCUT2D eigenvalue weighted by Gasteiger charge is -2.64. The van der Waals surface area contributed by atoms with Crippen LogP contribution in [0.4, 0.5) is 4.79 Å². The number of hydrogen-bond donors (Lipinski definition) is 2. The molecule has 8 heteroatoms. The predicted molar refractivity (Wildman–Crippen MR) is 129 cm³/mol. The van der Waals surface area contributed by atoms with Crippen molar-refractivity contribution in [2.24, 2.45) is 17.3 Å². The minimum absolute atomic E-state index is 0.0541. The quantitative estimate of drug-likeness (QED) is 0.625. The number of para-hydroxylation sites is 1. The minimum atomic E-state index is -0.532. The van der Waals surface area contributed by atoms with Crippen LogP contribution < -0.4 is 10.6 Å². The number of hydrogen-bond acceptors (Lipinski definition) is 6. The highest BCUT2D eigenvalue weighted by Crippen LogP contribution is 2.65. The van der Waals surface area contributed by atoms with Gasteiger partial charge in [0.15, 0.2) is 0 Å². The molecule has 2 N–H and O–H groups in total. The highest BCUT2D eigenvalue weighted by molar-refractivity contribution is 6.48. The number of ether oxygens (including phenoxy) is 1. The molecule has 1 unspecified atom stereocenters. The normalized spacial score (nSPS) is 34.5. The third-order valence-corrected chi connectivity index (χ3v) is 9.18. The van der Waals surface area contributed by atoms with E-state index in [1.54, 1.807) is 6.26 Å². The Hall–Kier alpha value is -2.03. The fourth-order valence-electron chi connectivity index (χ4n) is 6.98. The summed E-state index contributed by atoms with van der Waals surface area (Å²) in [5, 5.41) is 7.49. The van der Waals surface area contributed by atoms with Crippen molar-refractivity contribution in [2.45, 2.75) is 76.6 Å². The highest BCUT2D eigenvalue weighted by atomic mass is 16.7. The van der Waals surface area contributed by atoms with Crippen molar-refractivity contribution in [3.05, 3.63) is 36.1 Å². The third-order valence-electron chi connectivity index (χ3n) is 9.18. The molecule has 2 saturated heterocycles. The molecule has 0 spiro atoms. The lowest BCUT2D eigenvalue weighted by Crippen LogP contribution is -2.65. The number of benzene rings is 1. The smallest absolute Gasteiger partial charge is 0.464 e. The lowest BCUT2D eigenvalue weighted by molar-refractivity contribution is -0.199. The Morgan fingerprint density at radius 2 is 2.15 bits per heavy atom. The van der Waals surface area contributed by atoms with E-state index in [0.717, 1.165) is 42.3 Å². The van der Waals surface area contributed by atoms with Gasteiger partial charge in [-0.3, -0.25) is 0 Å². The summed E-state index contributed by atoms with van der Waals surface area (Å²) < 4.78 is 24.6. The Morgan fingerprint density at radius 1 is 1.29 bits per heavy atom. The van der Waals surface area contributed by atoms with Crippen LogP contribution in [0.1, 0.15) is 52.0 Å². The molecule has 2 bridgehead atoms. The first-order valence-electron chi connectivity index (χ1n) is 12.8. The van der Waals surface area contributed by atoms with Crippen molar-refractivity contribution in [1.82, 2.24) is 10.6 Å². The maximum absolute atomic E-state index is 12.8. The second-order valence-electron chi connectivity index (χ2n) is 11.4. The van der Waals surface area contributed by atoms with Gasteiger partial charge in [-0.1, -0.05) is 32.0 Å². The Bertz CT molecular complexity index is 1070. The van der Waals surface area contributed by atoms with Crippen LogP contribution in [0.5, 0.6) is 0 Å². The van der Waals surface area contributed by atoms with Crippen molar-refractivity contribution in [1.29, 1.82) is 0 Å². The van der Waals surface area contributed by atoms with Gasteiger partial charge < -0.3 is 29.1 Å². The van der Waals surface area contributed by atoms with Crippen LogP contribution in [0, 0.1) is 17.3 Å². The van der Waals surface area contributed by atoms with Gasteiger partial charge in [0.2, 0.25) is 0 Å². The zero-order valence-electron chi connectivity index (χ0n) is 20.3. The summed E-state index contributed by atoms with van der Waals surface area (Å²) in [5.41, 5.74) is 1.79. The monoisotopic (exact) mass is 466 g/mol. The fraction of sp³-hybridized carbons (Fsp3) is 0.654. The largest absolute Gasteiger partial charge is 0.482 e. The van der Waals surface area contributed by atoms with Gasteiger partial charge in [-0.05, 0) is 74.5 Å². The van der Waals surface area contributed by atoms with Crippen LogP contribution >= 0.6 is 0 Å². The first-order valence-corrected chi connectivity index (χ1v) is 12.8. The topological polar surface area (TPSA) is 82.0 Å². The van der Waals surface area contributed by atoms with Gasteiger partial charge in [0.1, 0.15) is 12.2 Å². The molecule has 5 aliphatic rings. The van der Waals surface area contributed by atoms with Crippen LogP contribution in [0.25, 0.3) is 11.0 Å². The van der Waals surface area contributed by atoms with Crippen LogP contribution in [0.2, 0.25) is 0 Å². The molecule has 2 aromatic rings. The number of alkyl carbamates (subject to hydrolysis) is 1. The molecule has 34 heavy (non-hydrogen) atoms. The van der Waals surface area contributed by atoms with Crippen molar-refractivity contribution in [3.8, 4) is 0 Å². The molecule has 2 aliphatic heterocycles. The first kappa shape index (κ1) is 22.4. The van der Waals surface area contributed by atoms with Crippen molar-refractivity contribution in [2.75, 3.05) is 13.2 Å². The second-order valence-corrected chi connectivity index (χ2v) is 11.4. The molecule has 0 radical (unpaired) electrons. The van der Waals surface area contributed by atoms with Crippen LogP contribution in [-0.4, -0.2) is 50.1 Å². The summed E-state index contributed by atoms with van der Waals surface area (Å²) in [6.45, 7) is 8.26. The van der Waals surface area contributed by atoms with E-state index in [0.29, 0.717) is 24.9 Å². The average molecular weight is 466 g/mol. The third kappa shape index (κ3) is 3.66. The molecule has 7 rings (SSSR count). The van der Waals surface area contributed by atoms with E-state index in [1.807, 2.05) is 24.3 Å². The Kier molecular flexibility index (Phi) is 5.46. The van der Waals surface area contributed by atoms with Crippen molar-refractivity contribution in [3.63, 3.8) is 0 Å². The standard InChI is InChI=1S/C26H35BN2O5/c1-25(2)17-12-21(25)26(3)22(13-17)33-27(34-26)23(29-24(30)32-15-18-7-6-10-28-18)11-16-14-31-20-9-5-4-8-19(16)20/h4-5,8-9,14,17-18,21-23,28H,6-7,10-13,15H2,1-3H3,(H,29,30)/t17-,18+,21-,22+,23?,26-/m0/s1. The van der Waals surface area contributed by atoms with Crippen molar-refractivity contribution >= 4 is 24.2 Å². The Morgan fingerprint density at radius 3 is 2.94 bits per heavy atom. The maximum Gasteiger partial charge on any atom is 0.482 e. The van der Waals surface area contributed by atoms with E-state index < -0.39 is 13.2 Å². The summed E-state index contributed by atoms with van der Waals surface area (Å²) in [6, 6.07) is 8.20. The molecule has 6 atom stereocenters. The fourth-order valence-corrected chi connectivity index (χ4v) is 6.98. The summed E-state index contributed by atoms with van der Waals surface area (Å²) in [4.78, 5) is 12.8. The highest BCUT2D eigenvalue weighted by Gasteiger charge is 2.68. The predicted octanol–water partition coefficient (Wildman–Crippen LogP) is 4.09. The summed E-state index contributed by atoms with van der Waals surface area (Å²) >= 11 is 0. The zero-order valence-corrected chi connectivity index (χ0v) is 20.3. The number of carbonyl (C=O) groups excluding carboxylic acids is 1. The SMILES string of the molecule is CC1(C)[C@@H]2C[C@H]3OB(C(Cc4coc5ccccc45)NC(=O)OC[C@H]4CCCN4)O[C@@]3(C)[C@H]1C2. The molecule has 3 saturated carbocycles. The van der Waals surface area contributed by atoms with E-state index in [-0.39, 0.29) is 29.1 Å². The Labute approximate surface area is 201 Å². The number of furan rings is 1. The van der Waals surface area contributed by atoms with Gasteiger partial charge in [0.25, 0.3) is 0 Å². The Balaban J connectivity index is 1.21. The molecule has 5 fully saturated rings. The number of carbonyl (C=O) groups is 1. The van der Waals surface area contributed by atoms with Gasteiger partial charge in [0, 0.05) is 11.4 Å². The lowest BCUT2D eigenvalue weighted by atomic mass is 9.43.